The molecular formula is C11H15N3O2S. The third-order valence-electron chi connectivity index (χ3n) is 1.97. The Morgan fingerprint density at radius 2 is 2.24 bits per heavy atom. The fourth-order valence-corrected chi connectivity index (χ4v) is 1.72. The number of benzene rings is 1. The van der Waals surface area contributed by atoms with E-state index in [2.05, 4.69) is 5.32 Å². The monoisotopic (exact) mass is 253 g/mol. The van der Waals surface area contributed by atoms with Gasteiger partial charge in [-0.2, -0.15) is 0 Å². The van der Waals surface area contributed by atoms with Gasteiger partial charge in [-0.3, -0.25) is 10.2 Å². The highest BCUT2D eigenvalue weighted by Crippen LogP contribution is 2.23. The number of amidine groups is 1. The first kappa shape index (κ1) is 13.4. The Morgan fingerprint density at radius 3 is 2.88 bits per heavy atom. The molecule has 0 aliphatic rings. The first-order chi connectivity index (χ1) is 8.13. The van der Waals surface area contributed by atoms with Gasteiger partial charge in [-0.25, -0.2) is 0 Å². The maximum absolute atomic E-state index is 11.6. The number of para-hydroxylation sites is 2. The van der Waals surface area contributed by atoms with E-state index in [1.165, 1.54) is 0 Å². The standard InChI is InChI=1S/C11H15N3O2S/c1-16-9-5-3-2-4-8(9)14-10(15)6-7-17-11(12)13/h2-5H,6-7H2,1H3,(H3,12,13)(H,14,15). The summed E-state index contributed by atoms with van der Waals surface area (Å²) in [5, 5.41) is 9.78. The molecule has 1 aromatic rings. The van der Waals surface area contributed by atoms with Gasteiger partial charge in [0.05, 0.1) is 12.8 Å². The van der Waals surface area contributed by atoms with Gasteiger partial charge in [0.25, 0.3) is 0 Å². The summed E-state index contributed by atoms with van der Waals surface area (Å²) in [6.07, 6.45) is 0.308. The van der Waals surface area contributed by atoms with Crippen LogP contribution in [0.2, 0.25) is 0 Å². The van der Waals surface area contributed by atoms with Gasteiger partial charge in [-0.05, 0) is 12.1 Å². The van der Waals surface area contributed by atoms with Crippen LogP contribution in [0.4, 0.5) is 5.69 Å². The van der Waals surface area contributed by atoms with Gasteiger partial charge in [0.2, 0.25) is 5.91 Å². The smallest absolute Gasteiger partial charge is 0.225 e. The minimum absolute atomic E-state index is 0.0232. The molecule has 0 aliphatic carbocycles. The van der Waals surface area contributed by atoms with Crippen molar-refractivity contribution in [2.45, 2.75) is 6.42 Å². The van der Waals surface area contributed by atoms with E-state index in [0.717, 1.165) is 11.8 Å². The number of amides is 1. The molecule has 0 radical (unpaired) electrons. The van der Waals surface area contributed by atoms with Crippen molar-refractivity contribution in [3.63, 3.8) is 0 Å². The molecule has 0 aliphatic heterocycles. The average Bonchev–Trinajstić information content (AvgIpc) is 2.29. The highest BCUT2D eigenvalue weighted by Gasteiger charge is 2.06. The maximum atomic E-state index is 11.6. The number of nitrogens with two attached hydrogens (primary N) is 1. The van der Waals surface area contributed by atoms with Crippen LogP contribution in [-0.4, -0.2) is 23.9 Å². The van der Waals surface area contributed by atoms with Crippen LogP contribution in [0.3, 0.4) is 0 Å². The number of ether oxygens (including phenoxy) is 1. The molecule has 0 spiro atoms. The molecule has 0 saturated heterocycles. The average molecular weight is 253 g/mol. The SMILES string of the molecule is COc1ccccc1NC(=O)CCSC(=N)N. The zero-order valence-corrected chi connectivity index (χ0v) is 10.3. The van der Waals surface area contributed by atoms with Crippen LogP contribution in [0.1, 0.15) is 6.42 Å². The van der Waals surface area contributed by atoms with E-state index < -0.39 is 0 Å². The van der Waals surface area contributed by atoms with Gasteiger partial charge in [0, 0.05) is 12.2 Å². The van der Waals surface area contributed by atoms with Crippen molar-refractivity contribution in [2.75, 3.05) is 18.2 Å². The van der Waals surface area contributed by atoms with E-state index in [0.29, 0.717) is 23.6 Å². The zero-order chi connectivity index (χ0) is 12.7. The van der Waals surface area contributed by atoms with E-state index in [4.69, 9.17) is 15.9 Å². The fraction of sp³-hybridized carbons (Fsp3) is 0.273. The third kappa shape index (κ3) is 4.78. The minimum Gasteiger partial charge on any atom is -0.495 e. The lowest BCUT2D eigenvalue weighted by molar-refractivity contribution is -0.115. The summed E-state index contributed by atoms with van der Waals surface area (Å²) in [6.45, 7) is 0. The Kier molecular flexibility index (Phi) is 5.35. The highest BCUT2D eigenvalue weighted by molar-refractivity contribution is 8.13. The van der Waals surface area contributed by atoms with Crippen LogP contribution < -0.4 is 15.8 Å². The molecule has 5 nitrogen and oxygen atoms in total. The number of methoxy groups -OCH3 is 1. The first-order valence-corrected chi connectivity index (χ1v) is 6.01. The molecule has 0 unspecified atom stereocenters. The predicted molar refractivity (Wildman–Crippen MR) is 70.6 cm³/mol. The van der Waals surface area contributed by atoms with Crippen molar-refractivity contribution >= 4 is 28.5 Å². The topological polar surface area (TPSA) is 88.2 Å². The number of nitrogens with one attached hydrogen (secondary N) is 2. The first-order valence-electron chi connectivity index (χ1n) is 5.03. The van der Waals surface area contributed by atoms with Crippen molar-refractivity contribution in [1.29, 1.82) is 5.41 Å². The second-order valence-electron chi connectivity index (χ2n) is 3.21. The summed E-state index contributed by atoms with van der Waals surface area (Å²) in [7, 11) is 1.55. The lowest BCUT2D eigenvalue weighted by Crippen LogP contribution is -2.14. The molecule has 1 amide bonds. The van der Waals surface area contributed by atoms with Crippen LogP contribution >= 0.6 is 11.8 Å². The molecule has 6 heteroatoms. The van der Waals surface area contributed by atoms with Crippen LogP contribution in [0.15, 0.2) is 24.3 Å². The summed E-state index contributed by atoms with van der Waals surface area (Å²) in [5.41, 5.74) is 5.82. The van der Waals surface area contributed by atoms with Crippen LogP contribution in [0, 0.1) is 5.41 Å². The van der Waals surface area contributed by atoms with Gasteiger partial charge in [0.1, 0.15) is 5.75 Å². The van der Waals surface area contributed by atoms with E-state index in [1.54, 1.807) is 19.2 Å². The predicted octanol–water partition coefficient (Wildman–Crippen LogP) is 1.65. The van der Waals surface area contributed by atoms with Crippen molar-refractivity contribution in [3.05, 3.63) is 24.3 Å². The highest BCUT2D eigenvalue weighted by atomic mass is 32.2. The minimum atomic E-state index is -0.122. The molecule has 0 bridgehead atoms. The number of hydrogen-bond donors (Lipinski definition) is 3. The molecule has 0 saturated carbocycles. The summed E-state index contributed by atoms with van der Waals surface area (Å²) in [5.74, 6) is 0.999. The Bertz CT molecular complexity index is 409. The molecule has 92 valence electrons. The van der Waals surface area contributed by atoms with E-state index >= 15 is 0 Å². The Labute approximate surface area is 104 Å². The van der Waals surface area contributed by atoms with Crippen molar-refractivity contribution in [3.8, 4) is 5.75 Å². The molecule has 1 aromatic carbocycles. The van der Waals surface area contributed by atoms with Crippen LogP contribution in [0.5, 0.6) is 5.75 Å². The number of thioether (sulfide) groups is 1. The number of rotatable bonds is 5. The summed E-state index contributed by atoms with van der Waals surface area (Å²) < 4.78 is 5.11. The number of carbonyl (C=O) groups excluding carboxylic acids is 1. The van der Waals surface area contributed by atoms with Gasteiger partial charge in [-0.15, -0.1) is 0 Å². The molecule has 17 heavy (non-hydrogen) atoms. The number of hydrogen-bond acceptors (Lipinski definition) is 4. The third-order valence-corrected chi connectivity index (χ3v) is 2.69. The van der Waals surface area contributed by atoms with Gasteiger partial charge >= 0.3 is 0 Å². The summed E-state index contributed by atoms with van der Waals surface area (Å²) in [6, 6.07) is 7.21. The Balaban J connectivity index is 2.47. The molecule has 0 aromatic heterocycles. The van der Waals surface area contributed by atoms with Crippen LogP contribution in [-0.2, 0) is 4.79 Å². The molecule has 0 atom stereocenters. The van der Waals surface area contributed by atoms with Gasteiger partial charge in [-0.1, -0.05) is 23.9 Å². The lowest BCUT2D eigenvalue weighted by Gasteiger charge is -2.09. The molecule has 0 fully saturated rings. The maximum Gasteiger partial charge on any atom is 0.225 e. The quantitative estimate of drug-likeness (QED) is 0.550. The van der Waals surface area contributed by atoms with Crippen molar-refractivity contribution in [2.24, 2.45) is 5.73 Å². The van der Waals surface area contributed by atoms with Crippen LogP contribution in [0.25, 0.3) is 0 Å². The van der Waals surface area contributed by atoms with Gasteiger partial charge in [0.15, 0.2) is 5.17 Å². The molecule has 0 heterocycles. The summed E-state index contributed by atoms with van der Waals surface area (Å²) >= 11 is 1.15. The number of anilines is 1. The van der Waals surface area contributed by atoms with Gasteiger partial charge < -0.3 is 15.8 Å². The number of carbonyl (C=O) groups is 1. The normalized spacial score (nSPS) is 9.71. The van der Waals surface area contributed by atoms with Crippen molar-refractivity contribution in [1.82, 2.24) is 0 Å². The second-order valence-corrected chi connectivity index (χ2v) is 4.35. The zero-order valence-electron chi connectivity index (χ0n) is 9.53. The Hall–Kier alpha value is -1.69. The van der Waals surface area contributed by atoms with E-state index in [-0.39, 0.29) is 11.1 Å². The fourth-order valence-electron chi connectivity index (χ4n) is 1.21. The molecule has 4 N–H and O–H groups in total. The second kappa shape index (κ2) is 6.80. The van der Waals surface area contributed by atoms with E-state index in [1.807, 2.05) is 12.1 Å². The largest absolute Gasteiger partial charge is 0.495 e. The lowest BCUT2D eigenvalue weighted by atomic mass is 10.3. The van der Waals surface area contributed by atoms with E-state index in [9.17, 15) is 4.79 Å². The molecule has 1 rings (SSSR count). The Morgan fingerprint density at radius 1 is 1.53 bits per heavy atom. The summed E-state index contributed by atoms with van der Waals surface area (Å²) in [4.78, 5) is 11.6. The van der Waals surface area contributed by atoms with Crippen molar-refractivity contribution < 1.29 is 9.53 Å². The molecular weight excluding hydrogens is 238 g/mol.